The lowest BCUT2D eigenvalue weighted by Crippen LogP contribution is -2.09. The number of aromatic nitrogens is 2. The molecular weight excluding hydrogens is 304 g/mol. The quantitative estimate of drug-likeness (QED) is 0.527. The molecule has 5 heteroatoms. The fraction of sp³-hybridized carbons (Fsp3) is 0. The van der Waals surface area contributed by atoms with Crippen LogP contribution in [0.3, 0.4) is 0 Å². The lowest BCUT2D eigenvalue weighted by atomic mass is 10.2. The Bertz CT molecular complexity index is 1040. The Labute approximate surface area is 129 Å². The van der Waals surface area contributed by atoms with Gasteiger partial charge in [0.15, 0.2) is 4.96 Å². The molecule has 0 aliphatic heterocycles. The summed E-state index contributed by atoms with van der Waals surface area (Å²) in [5.41, 5.74) is 2.52. The van der Waals surface area contributed by atoms with Crippen LogP contribution in [0.15, 0.2) is 59.4 Å². The molecule has 0 aliphatic carbocycles. The van der Waals surface area contributed by atoms with Gasteiger partial charge in [-0.3, -0.25) is 9.20 Å². The van der Waals surface area contributed by atoms with Crippen LogP contribution in [0.25, 0.3) is 26.4 Å². The van der Waals surface area contributed by atoms with Crippen molar-refractivity contribution in [3.63, 3.8) is 0 Å². The van der Waals surface area contributed by atoms with E-state index in [1.807, 2.05) is 48.5 Å². The first-order valence-corrected chi connectivity index (χ1v) is 7.59. The van der Waals surface area contributed by atoms with Gasteiger partial charge in [0.2, 0.25) is 0 Å². The summed E-state index contributed by atoms with van der Waals surface area (Å²) in [5.74, 6) is 0. The largest absolute Gasteiger partial charge is 0.269 e. The van der Waals surface area contributed by atoms with E-state index in [1.165, 1.54) is 11.3 Å². The number of nitrogens with zero attached hydrogens (tertiary/aromatic N) is 2. The van der Waals surface area contributed by atoms with Crippen molar-refractivity contribution in [1.82, 2.24) is 9.38 Å². The van der Waals surface area contributed by atoms with Crippen LogP contribution < -0.4 is 5.56 Å². The van der Waals surface area contributed by atoms with Crippen LogP contribution in [0.2, 0.25) is 5.02 Å². The zero-order chi connectivity index (χ0) is 14.4. The van der Waals surface area contributed by atoms with E-state index in [0.29, 0.717) is 9.98 Å². The minimum Gasteiger partial charge on any atom is -0.269 e. The minimum absolute atomic E-state index is 0.0765. The summed E-state index contributed by atoms with van der Waals surface area (Å²) in [6.07, 6.45) is 0. The zero-order valence-electron chi connectivity index (χ0n) is 10.8. The number of rotatable bonds is 1. The van der Waals surface area contributed by atoms with Crippen LogP contribution in [-0.4, -0.2) is 9.38 Å². The summed E-state index contributed by atoms with van der Waals surface area (Å²) in [6.45, 7) is 0. The van der Waals surface area contributed by atoms with Gasteiger partial charge in [0.25, 0.3) is 5.56 Å². The van der Waals surface area contributed by atoms with E-state index in [4.69, 9.17) is 11.6 Å². The second-order valence-corrected chi connectivity index (χ2v) is 6.12. The Kier molecular flexibility index (Phi) is 2.80. The molecule has 0 radical (unpaired) electrons. The first kappa shape index (κ1) is 12.6. The topological polar surface area (TPSA) is 34.4 Å². The van der Waals surface area contributed by atoms with Crippen LogP contribution in [0.4, 0.5) is 0 Å². The molecule has 0 unspecified atom stereocenters. The molecule has 2 aromatic carbocycles. The summed E-state index contributed by atoms with van der Waals surface area (Å²) in [4.78, 5) is 18.5. The molecular formula is C16H9ClN2OS. The Hall–Kier alpha value is -2.17. The third-order valence-corrected chi connectivity index (χ3v) is 4.58. The second kappa shape index (κ2) is 4.69. The van der Waals surface area contributed by atoms with Gasteiger partial charge in [0.1, 0.15) is 0 Å². The Morgan fingerprint density at radius 2 is 1.90 bits per heavy atom. The van der Waals surface area contributed by atoms with Gasteiger partial charge < -0.3 is 0 Å². The summed E-state index contributed by atoms with van der Waals surface area (Å²) in [5, 5.41) is 0.653. The molecule has 0 saturated carbocycles. The molecule has 0 fully saturated rings. The highest BCUT2D eigenvalue weighted by atomic mass is 35.5. The lowest BCUT2D eigenvalue weighted by Gasteiger charge is -2.01. The van der Waals surface area contributed by atoms with Crippen molar-refractivity contribution < 1.29 is 0 Å². The van der Waals surface area contributed by atoms with E-state index in [9.17, 15) is 4.79 Å². The number of imidazole rings is 1. The van der Waals surface area contributed by atoms with Gasteiger partial charge in [-0.1, -0.05) is 47.2 Å². The van der Waals surface area contributed by atoms with Gasteiger partial charge in [-0.15, -0.1) is 0 Å². The average molecular weight is 313 g/mol. The van der Waals surface area contributed by atoms with Crippen LogP contribution in [0.5, 0.6) is 0 Å². The Morgan fingerprint density at radius 3 is 2.76 bits per heavy atom. The molecule has 0 aliphatic rings. The summed E-state index contributed by atoms with van der Waals surface area (Å²) in [7, 11) is 0. The number of fused-ring (bicyclic) bond motifs is 3. The van der Waals surface area contributed by atoms with E-state index >= 15 is 0 Å². The molecule has 0 bridgehead atoms. The van der Waals surface area contributed by atoms with Crippen molar-refractivity contribution in [3.8, 4) is 10.4 Å². The molecule has 2 heterocycles. The van der Waals surface area contributed by atoms with Gasteiger partial charge in [-0.25, -0.2) is 4.98 Å². The maximum absolute atomic E-state index is 12.4. The minimum atomic E-state index is -0.0765. The van der Waals surface area contributed by atoms with Crippen LogP contribution in [0, 0.1) is 0 Å². The number of halogens is 1. The Morgan fingerprint density at radius 1 is 1.05 bits per heavy atom. The van der Waals surface area contributed by atoms with Crippen LogP contribution in [-0.2, 0) is 0 Å². The predicted octanol–water partition coefficient (Wildman–Crippen LogP) is 4.23. The molecule has 4 aromatic rings. The molecule has 0 amide bonds. The van der Waals surface area contributed by atoms with Gasteiger partial charge in [0, 0.05) is 16.0 Å². The lowest BCUT2D eigenvalue weighted by molar-refractivity contribution is 1.18. The molecule has 2 aromatic heterocycles. The smallest absolute Gasteiger partial charge is 0.258 e. The monoisotopic (exact) mass is 312 g/mol. The van der Waals surface area contributed by atoms with Crippen molar-refractivity contribution in [1.29, 1.82) is 0 Å². The maximum Gasteiger partial charge on any atom is 0.258 e. The van der Waals surface area contributed by atoms with Gasteiger partial charge in [0.05, 0.1) is 11.0 Å². The fourth-order valence-electron chi connectivity index (χ4n) is 2.37. The Balaban J connectivity index is 2.06. The van der Waals surface area contributed by atoms with E-state index in [0.717, 1.165) is 21.5 Å². The first-order chi connectivity index (χ1) is 10.2. The third-order valence-electron chi connectivity index (χ3n) is 3.32. The van der Waals surface area contributed by atoms with Crippen molar-refractivity contribution >= 4 is 38.9 Å². The molecule has 21 heavy (non-hydrogen) atoms. The number of benzene rings is 2. The van der Waals surface area contributed by atoms with Gasteiger partial charge >= 0.3 is 0 Å². The molecule has 0 N–H and O–H groups in total. The molecule has 4 rings (SSSR count). The summed E-state index contributed by atoms with van der Waals surface area (Å²) in [6, 6.07) is 16.8. The van der Waals surface area contributed by atoms with Crippen LogP contribution >= 0.6 is 22.9 Å². The highest BCUT2D eigenvalue weighted by Gasteiger charge is 2.10. The molecule has 0 spiro atoms. The van der Waals surface area contributed by atoms with E-state index in [-0.39, 0.29) is 5.56 Å². The van der Waals surface area contributed by atoms with Gasteiger partial charge in [-0.2, -0.15) is 0 Å². The normalized spacial score (nSPS) is 11.3. The molecule has 0 saturated heterocycles. The van der Waals surface area contributed by atoms with Crippen molar-refractivity contribution in [2.75, 3.05) is 0 Å². The molecule has 102 valence electrons. The highest BCUT2D eigenvalue weighted by molar-refractivity contribution is 7.20. The predicted molar refractivity (Wildman–Crippen MR) is 87.3 cm³/mol. The average Bonchev–Trinajstić information content (AvgIpc) is 2.86. The van der Waals surface area contributed by atoms with Crippen molar-refractivity contribution in [3.05, 3.63) is 70.0 Å². The van der Waals surface area contributed by atoms with Crippen LogP contribution in [0.1, 0.15) is 0 Å². The van der Waals surface area contributed by atoms with E-state index in [2.05, 4.69) is 4.98 Å². The second-order valence-electron chi connectivity index (χ2n) is 4.68. The molecule has 0 atom stereocenters. The van der Waals surface area contributed by atoms with Crippen molar-refractivity contribution in [2.24, 2.45) is 0 Å². The van der Waals surface area contributed by atoms with E-state index in [1.54, 1.807) is 10.5 Å². The first-order valence-electron chi connectivity index (χ1n) is 6.40. The van der Waals surface area contributed by atoms with Gasteiger partial charge in [-0.05, 0) is 29.8 Å². The highest BCUT2D eigenvalue weighted by Crippen LogP contribution is 2.28. The standard InChI is InChI=1S/C16H9ClN2OS/c17-11-5-3-4-10(8-11)14-9-15(20)19-13-7-2-1-6-12(13)18-16(19)21-14/h1-9H. The third kappa shape index (κ3) is 2.04. The number of hydrogen-bond donors (Lipinski definition) is 0. The van der Waals surface area contributed by atoms with Crippen molar-refractivity contribution in [2.45, 2.75) is 0 Å². The summed E-state index contributed by atoms with van der Waals surface area (Å²) >= 11 is 7.50. The SMILES string of the molecule is O=c1cc(-c2cccc(Cl)c2)sc2nc3ccccc3n12. The zero-order valence-corrected chi connectivity index (χ0v) is 12.4. The fourth-order valence-corrected chi connectivity index (χ4v) is 3.59. The summed E-state index contributed by atoms with van der Waals surface area (Å²) < 4.78 is 1.65. The number of hydrogen-bond acceptors (Lipinski definition) is 3. The number of para-hydroxylation sites is 2. The van der Waals surface area contributed by atoms with E-state index < -0.39 is 0 Å². The maximum atomic E-state index is 12.4. The molecule has 3 nitrogen and oxygen atoms in total.